The third kappa shape index (κ3) is 12.0. The molecule has 0 aromatic carbocycles. The summed E-state index contributed by atoms with van der Waals surface area (Å²) in [6, 6.07) is 5.21. The highest BCUT2D eigenvalue weighted by Gasteiger charge is 1.98. The van der Waals surface area contributed by atoms with Crippen molar-refractivity contribution in [1.82, 2.24) is 4.98 Å². The van der Waals surface area contributed by atoms with Gasteiger partial charge < -0.3 is 15.7 Å². The van der Waals surface area contributed by atoms with Gasteiger partial charge in [0.15, 0.2) is 0 Å². The first-order chi connectivity index (χ1) is 7.56. The van der Waals surface area contributed by atoms with Crippen LogP contribution >= 0.6 is 0 Å². The molecule has 1 aromatic rings. The summed E-state index contributed by atoms with van der Waals surface area (Å²) >= 11 is 0. The first-order valence-electron chi connectivity index (χ1n) is 4.89. The van der Waals surface area contributed by atoms with Crippen molar-refractivity contribution >= 4 is 11.9 Å². The molecule has 1 aromatic heterocycles. The van der Waals surface area contributed by atoms with E-state index < -0.39 is 11.9 Å². The smallest absolute Gasteiger partial charge is 0.309 e. The summed E-state index contributed by atoms with van der Waals surface area (Å²) in [7, 11) is 0. The van der Waals surface area contributed by atoms with Crippen LogP contribution in [0.3, 0.4) is 0 Å². The average molecular weight is 243 g/mol. The second kappa shape index (κ2) is 10.6. The van der Waals surface area contributed by atoms with E-state index in [-0.39, 0.29) is 11.9 Å². The minimum Gasteiger partial charge on any atom is -0.481 e. The molecule has 1 rings (SSSR count). The molecule has 0 radical (unpaired) electrons. The third-order valence-electron chi connectivity index (χ3n) is 1.52. The van der Waals surface area contributed by atoms with Crippen LogP contribution in [0.15, 0.2) is 24.4 Å². The normalized spacial score (nSPS) is 8.29. The Kier molecular flexibility index (Phi) is 10.8. The van der Waals surface area contributed by atoms with Gasteiger partial charge in [-0.2, -0.15) is 0 Å². The van der Waals surface area contributed by atoms with Crippen molar-refractivity contribution in [3.8, 4) is 0 Å². The Morgan fingerprint density at radius 1 is 1.24 bits per heavy atom. The van der Waals surface area contributed by atoms with Crippen molar-refractivity contribution in [2.24, 2.45) is 0 Å². The second-order valence-corrected chi connectivity index (χ2v) is 3.04. The van der Waals surface area contributed by atoms with Crippen LogP contribution in [0.5, 0.6) is 0 Å². The predicted molar refractivity (Wildman–Crippen MR) is 61.7 cm³/mol. The molecule has 0 aliphatic rings. The Hall–Kier alpha value is -1.95. The molecule has 6 heteroatoms. The van der Waals surface area contributed by atoms with Gasteiger partial charge in [-0.25, -0.2) is 0 Å². The molecule has 0 aliphatic heterocycles. The molecule has 1 heterocycles. The SMILES string of the molecule is CCCC(=O)O.O.O=C(O)Cc1ccccn1. The Balaban J connectivity index is 0. The molecule has 0 fully saturated rings. The summed E-state index contributed by atoms with van der Waals surface area (Å²) in [4.78, 5) is 23.6. The highest BCUT2D eigenvalue weighted by atomic mass is 16.4. The largest absolute Gasteiger partial charge is 0.481 e. The molecule has 96 valence electrons. The summed E-state index contributed by atoms with van der Waals surface area (Å²) in [6.07, 6.45) is 2.61. The maximum absolute atomic E-state index is 10.1. The van der Waals surface area contributed by atoms with Crippen molar-refractivity contribution in [3.05, 3.63) is 30.1 Å². The van der Waals surface area contributed by atoms with Gasteiger partial charge in [-0.1, -0.05) is 13.0 Å². The van der Waals surface area contributed by atoms with Gasteiger partial charge in [0.05, 0.1) is 12.1 Å². The molecule has 0 spiro atoms. The van der Waals surface area contributed by atoms with Crippen molar-refractivity contribution in [1.29, 1.82) is 0 Å². The van der Waals surface area contributed by atoms with Crippen LogP contribution in [-0.2, 0) is 16.0 Å². The zero-order valence-corrected chi connectivity index (χ0v) is 9.59. The maximum atomic E-state index is 10.1. The van der Waals surface area contributed by atoms with E-state index in [1.54, 1.807) is 24.4 Å². The van der Waals surface area contributed by atoms with Crippen molar-refractivity contribution in [3.63, 3.8) is 0 Å². The number of aliphatic carboxylic acids is 2. The Bertz CT molecular complexity index is 326. The number of carboxylic acids is 2. The van der Waals surface area contributed by atoms with Crippen LogP contribution in [0.1, 0.15) is 25.5 Å². The van der Waals surface area contributed by atoms with E-state index in [9.17, 15) is 9.59 Å². The number of hydrogen-bond acceptors (Lipinski definition) is 3. The number of carbonyl (C=O) groups is 2. The number of rotatable bonds is 4. The van der Waals surface area contributed by atoms with Gasteiger partial charge in [0, 0.05) is 12.6 Å². The van der Waals surface area contributed by atoms with Crippen LogP contribution in [0, 0.1) is 0 Å². The fourth-order valence-corrected chi connectivity index (χ4v) is 0.871. The second-order valence-electron chi connectivity index (χ2n) is 3.04. The van der Waals surface area contributed by atoms with Gasteiger partial charge in [0.25, 0.3) is 0 Å². The van der Waals surface area contributed by atoms with E-state index in [1.807, 2.05) is 6.92 Å². The molecule has 0 aliphatic carbocycles. The summed E-state index contributed by atoms with van der Waals surface area (Å²) in [5.74, 6) is -1.56. The molecule has 4 N–H and O–H groups in total. The fraction of sp³-hybridized carbons (Fsp3) is 0.364. The summed E-state index contributed by atoms with van der Waals surface area (Å²) < 4.78 is 0. The fourth-order valence-electron chi connectivity index (χ4n) is 0.871. The lowest BCUT2D eigenvalue weighted by Crippen LogP contribution is -2.01. The molecule has 0 amide bonds. The molecule has 6 nitrogen and oxygen atoms in total. The Morgan fingerprint density at radius 3 is 2.18 bits per heavy atom. The van der Waals surface area contributed by atoms with E-state index in [4.69, 9.17) is 10.2 Å². The number of carboxylic acid groups (broad SMARTS) is 2. The monoisotopic (exact) mass is 243 g/mol. The lowest BCUT2D eigenvalue weighted by Gasteiger charge is -1.91. The Labute approximate surface area is 99.2 Å². The van der Waals surface area contributed by atoms with Gasteiger partial charge in [-0.05, 0) is 18.6 Å². The van der Waals surface area contributed by atoms with Gasteiger partial charge in [-0.3, -0.25) is 14.6 Å². The average Bonchev–Trinajstić information content (AvgIpc) is 2.18. The number of nitrogens with zero attached hydrogens (tertiary/aromatic N) is 1. The van der Waals surface area contributed by atoms with Gasteiger partial charge >= 0.3 is 11.9 Å². The van der Waals surface area contributed by atoms with Crippen LogP contribution in [0.25, 0.3) is 0 Å². The summed E-state index contributed by atoms with van der Waals surface area (Å²) in [5, 5.41) is 16.2. The van der Waals surface area contributed by atoms with Crippen molar-refractivity contribution in [2.45, 2.75) is 26.2 Å². The van der Waals surface area contributed by atoms with E-state index in [0.717, 1.165) is 6.42 Å². The maximum Gasteiger partial charge on any atom is 0.309 e. The van der Waals surface area contributed by atoms with E-state index >= 15 is 0 Å². The van der Waals surface area contributed by atoms with E-state index in [1.165, 1.54) is 0 Å². The number of hydrogen-bond donors (Lipinski definition) is 2. The lowest BCUT2D eigenvalue weighted by molar-refractivity contribution is -0.137. The van der Waals surface area contributed by atoms with Crippen LogP contribution in [0.2, 0.25) is 0 Å². The minimum absolute atomic E-state index is 0. The van der Waals surface area contributed by atoms with Gasteiger partial charge in [-0.15, -0.1) is 0 Å². The van der Waals surface area contributed by atoms with Gasteiger partial charge in [0.1, 0.15) is 0 Å². The standard InChI is InChI=1S/C7H7NO2.C4H8O2.H2O/c9-7(10)5-6-3-1-2-4-8-6;1-2-3-4(5)6;/h1-4H,5H2,(H,9,10);2-3H2,1H3,(H,5,6);1H2. The Morgan fingerprint density at radius 2 is 1.88 bits per heavy atom. The zero-order valence-electron chi connectivity index (χ0n) is 9.59. The molecular weight excluding hydrogens is 226 g/mol. The van der Waals surface area contributed by atoms with Crippen molar-refractivity contribution < 1.29 is 25.3 Å². The number of aromatic nitrogens is 1. The van der Waals surface area contributed by atoms with E-state index in [0.29, 0.717) is 12.1 Å². The summed E-state index contributed by atoms with van der Waals surface area (Å²) in [6.45, 7) is 1.84. The van der Waals surface area contributed by atoms with Crippen molar-refractivity contribution in [2.75, 3.05) is 0 Å². The molecule has 0 saturated heterocycles. The van der Waals surface area contributed by atoms with Gasteiger partial charge in [0.2, 0.25) is 0 Å². The molecule has 0 saturated carbocycles. The first-order valence-corrected chi connectivity index (χ1v) is 4.89. The van der Waals surface area contributed by atoms with Crippen LogP contribution in [-0.4, -0.2) is 32.6 Å². The molecule has 0 atom stereocenters. The van der Waals surface area contributed by atoms with Crippen LogP contribution < -0.4 is 0 Å². The lowest BCUT2D eigenvalue weighted by atomic mass is 10.3. The zero-order chi connectivity index (χ0) is 12.4. The topological polar surface area (TPSA) is 119 Å². The quantitative estimate of drug-likeness (QED) is 0.808. The molecular formula is C11H17NO5. The molecule has 0 unspecified atom stereocenters. The third-order valence-corrected chi connectivity index (χ3v) is 1.52. The molecule has 0 bridgehead atoms. The van der Waals surface area contributed by atoms with E-state index in [2.05, 4.69) is 4.98 Å². The minimum atomic E-state index is -0.848. The predicted octanol–water partition coefficient (Wildman–Crippen LogP) is 0.755. The number of pyridine rings is 1. The highest BCUT2D eigenvalue weighted by molar-refractivity contribution is 5.69. The molecule has 17 heavy (non-hydrogen) atoms. The highest BCUT2D eigenvalue weighted by Crippen LogP contribution is 1.93. The van der Waals surface area contributed by atoms with Crippen LogP contribution in [0.4, 0.5) is 0 Å². The first kappa shape index (κ1) is 17.4. The summed E-state index contributed by atoms with van der Waals surface area (Å²) in [5.41, 5.74) is 0.593.